The minimum absolute atomic E-state index is 0.974. The summed E-state index contributed by atoms with van der Waals surface area (Å²) in [7, 11) is 0. The van der Waals surface area contributed by atoms with E-state index >= 15 is 0 Å². The fourth-order valence-corrected chi connectivity index (χ4v) is 2.14. The molecule has 0 aromatic heterocycles. The van der Waals surface area contributed by atoms with Crippen LogP contribution in [0, 0.1) is 0 Å². The van der Waals surface area contributed by atoms with Gasteiger partial charge in [-0.2, -0.15) is 0 Å². The minimum atomic E-state index is 0.974. The summed E-state index contributed by atoms with van der Waals surface area (Å²) in [5, 5.41) is 0. The number of hydrogen-bond donors (Lipinski definition) is 0. The van der Waals surface area contributed by atoms with Crippen molar-refractivity contribution >= 4 is 0 Å². The summed E-state index contributed by atoms with van der Waals surface area (Å²) < 4.78 is 0. The van der Waals surface area contributed by atoms with Crippen molar-refractivity contribution in [1.82, 2.24) is 4.90 Å². The van der Waals surface area contributed by atoms with Crippen molar-refractivity contribution in [3.05, 3.63) is 72.5 Å². The smallest absolute Gasteiger partial charge is 0.0432 e. The van der Waals surface area contributed by atoms with Crippen LogP contribution in [0.4, 0.5) is 0 Å². The predicted octanol–water partition coefficient (Wildman–Crippen LogP) is 3.30. The zero-order valence-electron chi connectivity index (χ0n) is 9.52. The first-order chi connectivity index (χ1) is 7.85. The van der Waals surface area contributed by atoms with Crippen molar-refractivity contribution in [3.63, 3.8) is 0 Å². The molecule has 1 aromatic rings. The standard InChI is InChI=1S/C15H17N/c1-3-7-15(4-2)16-11-10-13-8-5-6-9-14(13)12-16/h3-9H,1-2,10-12H2/b15-7+. The van der Waals surface area contributed by atoms with Crippen LogP contribution in [0.2, 0.25) is 0 Å². The first-order valence-corrected chi connectivity index (χ1v) is 5.62. The van der Waals surface area contributed by atoms with Gasteiger partial charge in [-0.25, -0.2) is 0 Å². The van der Waals surface area contributed by atoms with E-state index in [9.17, 15) is 0 Å². The summed E-state index contributed by atoms with van der Waals surface area (Å²) in [6.45, 7) is 9.62. The maximum atomic E-state index is 3.85. The summed E-state index contributed by atoms with van der Waals surface area (Å²) in [5.41, 5.74) is 4.05. The van der Waals surface area contributed by atoms with Gasteiger partial charge in [-0.05, 0) is 29.7 Å². The Balaban J connectivity index is 2.22. The van der Waals surface area contributed by atoms with Crippen LogP contribution in [0.3, 0.4) is 0 Å². The second kappa shape index (κ2) is 4.84. The highest BCUT2D eigenvalue weighted by atomic mass is 15.1. The number of hydrogen-bond acceptors (Lipinski definition) is 1. The highest BCUT2D eigenvalue weighted by molar-refractivity contribution is 5.32. The lowest BCUT2D eigenvalue weighted by Gasteiger charge is -2.31. The molecule has 2 rings (SSSR count). The molecule has 82 valence electrons. The van der Waals surface area contributed by atoms with Crippen LogP contribution in [-0.4, -0.2) is 11.4 Å². The van der Waals surface area contributed by atoms with E-state index in [2.05, 4.69) is 42.3 Å². The third kappa shape index (κ3) is 2.08. The Morgan fingerprint density at radius 1 is 1.19 bits per heavy atom. The molecule has 1 aliphatic heterocycles. The van der Waals surface area contributed by atoms with Gasteiger partial charge in [0.25, 0.3) is 0 Å². The fraction of sp³-hybridized carbons (Fsp3) is 0.200. The van der Waals surface area contributed by atoms with Crippen LogP contribution in [-0.2, 0) is 13.0 Å². The van der Waals surface area contributed by atoms with Gasteiger partial charge in [0.05, 0.1) is 0 Å². The lowest BCUT2D eigenvalue weighted by molar-refractivity contribution is 0.332. The molecular formula is C15H17N. The maximum Gasteiger partial charge on any atom is 0.0432 e. The Hall–Kier alpha value is -1.76. The molecular weight excluding hydrogens is 194 g/mol. The monoisotopic (exact) mass is 211 g/mol. The summed E-state index contributed by atoms with van der Waals surface area (Å²) in [4.78, 5) is 2.34. The van der Waals surface area contributed by atoms with Crippen molar-refractivity contribution in [3.8, 4) is 0 Å². The normalized spacial score (nSPS) is 15.5. The summed E-state index contributed by atoms with van der Waals surface area (Å²) in [6.07, 6.45) is 6.84. The molecule has 0 unspecified atom stereocenters. The lowest BCUT2D eigenvalue weighted by atomic mass is 9.99. The van der Waals surface area contributed by atoms with Crippen LogP contribution in [0.1, 0.15) is 11.1 Å². The third-order valence-corrected chi connectivity index (χ3v) is 2.99. The highest BCUT2D eigenvalue weighted by Crippen LogP contribution is 2.21. The first kappa shape index (κ1) is 10.7. The second-order valence-electron chi connectivity index (χ2n) is 3.97. The maximum absolute atomic E-state index is 3.85. The van der Waals surface area contributed by atoms with Gasteiger partial charge >= 0.3 is 0 Å². The molecule has 1 heterocycles. The van der Waals surface area contributed by atoms with E-state index in [4.69, 9.17) is 0 Å². The molecule has 16 heavy (non-hydrogen) atoms. The van der Waals surface area contributed by atoms with Crippen LogP contribution in [0.5, 0.6) is 0 Å². The average molecular weight is 211 g/mol. The van der Waals surface area contributed by atoms with Gasteiger partial charge in [0.15, 0.2) is 0 Å². The number of nitrogens with zero attached hydrogens (tertiary/aromatic N) is 1. The van der Waals surface area contributed by atoms with Gasteiger partial charge in [0.1, 0.15) is 0 Å². The van der Waals surface area contributed by atoms with E-state index in [1.165, 1.54) is 11.1 Å². The summed E-state index contributed by atoms with van der Waals surface area (Å²) in [6, 6.07) is 8.64. The van der Waals surface area contributed by atoms with E-state index in [0.29, 0.717) is 0 Å². The molecule has 0 saturated carbocycles. The summed E-state index contributed by atoms with van der Waals surface area (Å²) >= 11 is 0. The van der Waals surface area contributed by atoms with Gasteiger partial charge in [0.2, 0.25) is 0 Å². The lowest BCUT2D eigenvalue weighted by Crippen LogP contribution is -2.29. The van der Waals surface area contributed by atoms with Gasteiger partial charge in [-0.1, -0.05) is 43.5 Å². The van der Waals surface area contributed by atoms with Crippen LogP contribution >= 0.6 is 0 Å². The van der Waals surface area contributed by atoms with E-state index in [0.717, 1.165) is 25.2 Å². The molecule has 0 radical (unpaired) electrons. The Kier molecular flexibility index (Phi) is 3.25. The van der Waals surface area contributed by atoms with Crippen LogP contribution < -0.4 is 0 Å². The Morgan fingerprint density at radius 2 is 1.94 bits per heavy atom. The number of benzene rings is 1. The molecule has 0 atom stereocenters. The molecule has 0 amide bonds. The topological polar surface area (TPSA) is 3.24 Å². The van der Waals surface area contributed by atoms with Crippen molar-refractivity contribution in [2.45, 2.75) is 13.0 Å². The van der Waals surface area contributed by atoms with E-state index in [1.54, 1.807) is 0 Å². The number of fused-ring (bicyclic) bond motifs is 1. The Labute approximate surface area is 97.4 Å². The Morgan fingerprint density at radius 3 is 2.62 bits per heavy atom. The molecule has 1 aliphatic rings. The molecule has 0 bridgehead atoms. The predicted molar refractivity (Wildman–Crippen MR) is 69.0 cm³/mol. The van der Waals surface area contributed by atoms with Crippen LogP contribution in [0.15, 0.2) is 61.3 Å². The molecule has 0 aliphatic carbocycles. The third-order valence-electron chi connectivity index (χ3n) is 2.99. The minimum Gasteiger partial charge on any atom is -0.367 e. The van der Waals surface area contributed by atoms with E-state index in [1.807, 2.05) is 18.2 Å². The molecule has 0 fully saturated rings. The molecule has 1 heteroatoms. The summed E-state index contributed by atoms with van der Waals surface area (Å²) in [5.74, 6) is 0. The fourth-order valence-electron chi connectivity index (χ4n) is 2.14. The SMILES string of the molecule is C=C/C=C(\C=C)N1CCc2ccccc2C1. The quantitative estimate of drug-likeness (QED) is 0.693. The second-order valence-corrected chi connectivity index (χ2v) is 3.97. The zero-order chi connectivity index (χ0) is 11.4. The van der Waals surface area contributed by atoms with Crippen molar-refractivity contribution in [2.24, 2.45) is 0 Å². The number of rotatable bonds is 3. The zero-order valence-corrected chi connectivity index (χ0v) is 9.52. The highest BCUT2D eigenvalue weighted by Gasteiger charge is 2.15. The van der Waals surface area contributed by atoms with Gasteiger partial charge in [-0.3, -0.25) is 0 Å². The first-order valence-electron chi connectivity index (χ1n) is 5.62. The van der Waals surface area contributed by atoms with Crippen molar-refractivity contribution < 1.29 is 0 Å². The largest absolute Gasteiger partial charge is 0.367 e. The molecule has 1 aromatic carbocycles. The van der Waals surface area contributed by atoms with Crippen molar-refractivity contribution in [1.29, 1.82) is 0 Å². The van der Waals surface area contributed by atoms with Gasteiger partial charge < -0.3 is 4.90 Å². The molecule has 1 nitrogen and oxygen atoms in total. The van der Waals surface area contributed by atoms with Crippen LogP contribution in [0.25, 0.3) is 0 Å². The van der Waals surface area contributed by atoms with E-state index < -0.39 is 0 Å². The average Bonchev–Trinajstić information content (AvgIpc) is 2.35. The van der Waals surface area contributed by atoms with Crippen molar-refractivity contribution in [2.75, 3.05) is 6.54 Å². The molecule has 0 spiro atoms. The van der Waals surface area contributed by atoms with Gasteiger partial charge in [-0.15, -0.1) is 0 Å². The number of allylic oxidation sites excluding steroid dienone is 3. The molecule has 0 N–H and O–H groups in total. The van der Waals surface area contributed by atoms with E-state index in [-0.39, 0.29) is 0 Å². The molecule has 0 saturated heterocycles. The van der Waals surface area contributed by atoms with Gasteiger partial charge in [0, 0.05) is 18.8 Å². The Bertz CT molecular complexity index is 429.